The highest BCUT2D eigenvalue weighted by Crippen LogP contribution is 2.08. The molecule has 0 bridgehead atoms. The fourth-order valence-electron chi connectivity index (χ4n) is 1.63. The molecule has 1 aromatic carbocycles. The molecule has 1 rings (SSSR count). The van der Waals surface area contributed by atoms with Crippen LogP contribution in [0.3, 0.4) is 0 Å². The summed E-state index contributed by atoms with van der Waals surface area (Å²) >= 11 is 0. The molecule has 1 unspecified atom stereocenters. The second-order valence-electron chi connectivity index (χ2n) is 4.53. The maximum Gasteiger partial charge on any atom is 0.234 e. The Labute approximate surface area is 123 Å². The van der Waals surface area contributed by atoms with E-state index in [-0.39, 0.29) is 25.6 Å². The summed E-state index contributed by atoms with van der Waals surface area (Å²) in [6.07, 6.45) is 0.462. The average Bonchev–Trinajstić information content (AvgIpc) is 2.51. The Kier molecular flexibility index (Phi) is 8.03. The highest BCUT2D eigenvalue weighted by atomic mass is 16.3. The van der Waals surface area contributed by atoms with Gasteiger partial charge in [-0.3, -0.25) is 9.59 Å². The molecule has 0 radical (unpaired) electrons. The number of carbonyl (C=O) groups excluding carboxylic acids is 2. The number of amides is 2. The van der Waals surface area contributed by atoms with E-state index in [1.807, 2.05) is 24.3 Å². The summed E-state index contributed by atoms with van der Waals surface area (Å²) in [5, 5.41) is 25.7. The lowest BCUT2D eigenvalue weighted by molar-refractivity contribution is -0.120. The van der Waals surface area contributed by atoms with Crippen molar-refractivity contribution in [2.45, 2.75) is 12.5 Å². The third-order valence-corrected chi connectivity index (χ3v) is 2.80. The molecule has 0 aromatic heterocycles. The Morgan fingerprint density at radius 3 is 2.62 bits per heavy atom. The van der Waals surface area contributed by atoms with Gasteiger partial charge in [0.1, 0.15) is 0 Å². The highest BCUT2D eigenvalue weighted by molar-refractivity contribution is 5.78. The second kappa shape index (κ2) is 9.87. The number of aliphatic hydroxyl groups excluding tert-OH is 2. The van der Waals surface area contributed by atoms with Gasteiger partial charge in [0.2, 0.25) is 12.3 Å². The Balaban J connectivity index is 2.15. The monoisotopic (exact) mass is 295 g/mol. The van der Waals surface area contributed by atoms with E-state index in [2.05, 4.69) is 16.0 Å². The fraction of sp³-hybridized carbons (Fsp3) is 0.429. The first-order valence-corrected chi connectivity index (χ1v) is 6.71. The topological polar surface area (TPSA) is 111 Å². The zero-order valence-electron chi connectivity index (χ0n) is 11.7. The number of anilines is 1. The van der Waals surface area contributed by atoms with Gasteiger partial charge in [-0.05, 0) is 30.7 Å². The van der Waals surface area contributed by atoms with Gasteiger partial charge in [-0.1, -0.05) is 12.1 Å². The summed E-state index contributed by atoms with van der Waals surface area (Å²) in [5.41, 5.74) is 1.83. The van der Waals surface area contributed by atoms with Crippen molar-refractivity contribution in [2.24, 2.45) is 0 Å². The van der Waals surface area contributed by atoms with Gasteiger partial charge in [0.15, 0.2) is 0 Å². The first-order chi connectivity index (χ1) is 10.2. The molecule has 0 aliphatic carbocycles. The SMILES string of the molecule is O=CNc1ccc(CCNCC(=O)NCC(O)CO)cc1. The van der Waals surface area contributed by atoms with Crippen molar-refractivity contribution in [2.75, 3.05) is 31.6 Å². The van der Waals surface area contributed by atoms with Crippen LogP contribution in [0.4, 0.5) is 5.69 Å². The van der Waals surface area contributed by atoms with Crippen LogP contribution >= 0.6 is 0 Å². The standard InChI is InChI=1S/C14H21N3O4/c18-9-13(20)7-16-14(21)8-15-6-5-11-1-3-12(4-2-11)17-10-19/h1-4,10,13,15,18,20H,5-9H2,(H,16,21)(H,17,19). The minimum Gasteiger partial charge on any atom is -0.394 e. The molecule has 0 aliphatic rings. The highest BCUT2D eigenvalue weighted by Gasteiger charge is 2.05. The number of benzene rings is 1. The predicted octanol–water partition coefficient (Wildman–Crippen LogP) is -1.14. The fourth-order valence-corrected chi connectivity index (χ4v) is 1.63. The summed E-state index contributed by atoms with van der Waals surface area (Å²) in [7, 11) is 0. The lowest BCUT2D eigenvalue weighted by Crippen LogP contribution is -2.39. The van der Waals surface area contributed by atoms with E-state index in [0.717, 1.165) is 17.7 Å². The van der Waals surface area contributed by atoms with Gasteiger partial charge in [0.25, 0.3) is 0 Å². The molecular formula is C14H21N3O4. The number of rotatable bonds is 10. The maximum atomic E-state index is 11.4. The number of carbonyl (C=O) groups is 2. The summed E-state index contributed by atoms with van der Waals surface area (Å²) < 4.78 is 0. The van der Waals surface area contributed by atoms with Crippen molar-refractivity contribution in [3.63, 3.8) is 0 Å². The van der Waals surface area contributed by atoms with Gasteiger partial charge in [0, 0.05) is 12.2 Å². The molecule has 0 saturated heterocycles. The smallest absolute Gasteiger partial charge is 0.234 e. The van der Waals surface area contributed by atoms with E-state index >= 15 is 0 Å². The van der Waals surface area contributed by atoms with E-state index < -0.39 is 6.10 Å². The maximum absolute atomic E-state index is 11.4. The summed E-state index contributed by atoms with van der Waals surface area (Å²) in [6, 6.07) is 7.44. The Morgan fingerprint density at radius 1 is 1.29 bits per heavy atom. The molecule has 0 fully saturated rings. The molecule has 7 nitrogen and oxygen atoms in total. The van der Waals surface area contributed by atoms with Crippen LogP contribution < -0.4 is 16.0 Å². The quantitative estimate of drug-likeness (QED) is 0.277. The number of aliphatic hydroxyl groups is 2. The van der Waals surface area contributed by atoms with Crippen LogP contribution in [0.5, 0.6) is 0 Å². The van der Waals surface area contributed by atoms with Crippen molar-refractivity contribution in [1.29, 1.82) is 0 Å². The minimum atomic E-state index is -0.924. The van der Waals surface area contributed by atoms with E-state index in [1.54, 1.807) is 0 Å². The summed E-state index contributed by atoms with van der Waals surface area (Å²) in [4.78, 5) is 21.6. The summed E-state index contributed by atoms with van der Waals surface area (Å²) in [6.45, 7) is 0.463. The zero-order chi connectivity index (χ0) is 15.5. The van der Waals surface area contributed by atoms with E-state index in [9.17, 15) is 9.59 Å². The molecule has 116 valence electrons. The van der Waals surface area contributed by atoms with Gasteiger partial charge < -0.3 is 26.2 Å². The van der Waals surface area contributed by atoms with Crippen molar-refractivity contribution in [3.8, 4) is 0 Å². The number of hydrogen-bond donors (Lipinski definition) is 5. The number of hydrogen-bond acceptors (Lipinski definition) is 5. The molecule has 0 saturated carbocycles. The largest absolute Gasteiger partial charge is 0.394 e. The zero-order valence-corrected chi connectivity index (χ0v) is 11.7. The van der Waals surface area contributed by atoms with Crippen LogP contribution in [0.25, 0.3) is 0 Å². The third-order valence-electron chi connectivity index (χ3n) is 2.80. The summed E-state index contributed by atoms with van der Waals surface area (Å²) in [5.74, 6) is -0.229. The van der Waals surface area contributed by atoms with Crippen LogP contribution in [0, 0.1) is 0 Å². The second-order valence-corrected chi connectivity index (χ2v) is 4.53. The normalized spacial score (nSPS) is 11.7. The Morgan fingerprint density at radius 2 is 2.00 bits per heavy atom. The van der Waals surface area contributed by atoms with Crippen molar-refractivity contribution < 1.29 is 19.8 Å². The van der Waals surface area contributed by atoms with E-state index in [4.69, 9.17) is 10.2 Å². The van der Waals surface area contributed by atoms with Crippen molar-refractivity contribution in [1.82, 2.24) is 10.6 Å². The van der Waals surface area contributed by atoms with Crippen LogP contribution in [-0.2, 0) is 16.0 Å². The first-order valence-electron chi connectivity index (χ1n) is 6.71. The molecule has 1 aromatic rings. The molecular weight excluding hydrogens is 274 g/mol. The van der Waals surface area contributed by atoms with E-state index in [1.165, 1.54) is 0 Å². The minimum absolute atomic E-state index is 0.0439. The predicted molar refractivity (Wildman–Crippen MR) is 78.8 cm³/mol. The van der Waals surface area contributed by atoms with Crippen LogP contribution in [0.15, 0.2) is 24.3 Å². The third kappa shape index (κ3) is 7.40. The molecule has 7 heteroatoms. The molecule has 5 N–H and O–H groups in total. The molecule has 2 amide bonds. The van der Waals surface area contributed by atoms with Gasteiger partial charge in [-0.25, -0.2) is 0 Å². The Hall–Kier alpha value is -1.96. The van der Waals surface area contributed by atoms with Crippen LogP contribution in [-0.4, -0.2) is 54.9 Å². The number of nitrogens with one attached hydrogen (secondary N) is 3. The van der Waals surface area contributed by atoms with Gasteiger partial charge in [-0.2, -0.15) is 0 Å². The molecule has 1 atom stereocenters. The molecule has 21 heavy (non-hydrogen) atoms. The Bertz CT molecular complexity index is 436. The van der Waals surface area contributed by atoms with Gasteiger partial charge >= 0.3 is 0 Å². The molecule has 0 spiro atoms. The van der Waals surface area contributed by atoms with Gasteiger partial charge in [-0.15, -0.1) is 0 Å². The van der Waals surface area contributed by atoms with Crippen molar-refractivity contribution >= 4 is 18.0 Å². The lowest BCUT2D eigenvalue weighted by Gasteiger charge is -2.09. The van der Waals surface area contributed by atoms with E-state index in [0.29, 0.717) is 13.0 Å². The average molecular weight is 295 g/mol. The molecule has 0 aliphatic heterocycles. The lowest BCUT2D eigenvalue weighted by atomic mass is 10.1. The van der Waals surface area contributed by atoms with Crippen LogP contribution in [0.1, 0.15) is 5.56 Å². The van der Waals surface area contributed by atoms with Crippen molar-refractivity contribution in [3.05, 3.63) is 29.8 Å². The molecule has 0 heterocycles. The van der Waals surface area contributed by atoms with Crippen LogP contribution in [0.2, 0.25) is 0 Å². The first kappa shape index (κ1) is 17.1. The van der Waals surface area contributed by atoms with Gasteiger partial charge in [0.05, 0.1) is 19.3 Å².